The number of amides is 2. The van der Waals surface area contributed by atoms with E-state index in [1.807, 2.05) is 30.0 Å². The van der Waals surface area contributed by atoms with Gasteiger partial charge < -0.3 is 19.3 Å². The van der Waals surface area contributed by atoms with Gasteiger partial charge in [0.2, 0.25) is 5.91 Å². The number of carbonyl (C=O) groups excluding carboxylic acids is 2. The molecular weight excluding hydrogens is 399 g/mol. The number of benzene rings is 2. The van der Waals surface area contributed by atoms with Crippen molar-refractivity contribution in [1.29, 1.82) is 0 Å². The van der Waals surface area contributed by atoms with E-state index in [0.29, 0.717) is 56.1 Å². The molecule has 2 amide bonds. The molecule has 1 saturated heterocycles. The molecule has 0 bridgehead atoms. The van der Waals surface area contributed by atoms with Gasteiger partial charge in [-0.05, 0) is 61.7 Å². The summed E-state index contributed by atoms with van der Waals surface area (Å²) in [4.78, 5) is 29.3. The largest absolute Gasteiger partial charge is 0.493 e. The maximum atomic E-state index is 13.1. The van der Waals surface area contributed by atoms with Gasteiger partial charge in [0.25, 0.3) is 5.91 Å². The molecule has 3 rings (SSSR count). The molecule has 7 heteroatoms. The first-order chi connectivity index (χ1) is 15.0. The van der Waals surface area contributed by atoms with Crippen molar-refractivity contribution in [2.75, 3.05) is 33.9 Å². The van der Waals surface area contributed by atoms with Gasteiger partial charge in [-0.15, -0.1) is 0 Å². The summed E-state index contributed by atoms with van der Waals surface area (Å²) < 4.78 is 23.7. The standard InChI is InChI=1S/C24H29FN2O4/c1-4-26(16-17-5-10-21(30-2)22(15-17)31-3)23(28)19-11-13-27(14-12-19)24(29)18-6-8-20(25)9-7-18/h5-10,15,19H,4,11-14,16H2,1-3H3. The van der Waals surface area contributed by atoms with E-state index < -0.39 is 0 Å². The number of hydrogen-bond acceptors (Lipinski definition) is 4. The van der Waals surface area contributed by atoms with Gasteiger partial charge in [-0.1, -0.05) is 6.07 Å². The Labute approximate surface area is 182 Å². The molecule has 0 saturated carbocycles. The predicted molar refractivity (Wildman–Crippen MR) is 116 cm³/mol. The molecule has 0 radical (unpaired) electrons. The Morgan fingerprint density at radius 2 is 1.68 bits per heavy atom. The summed E-state index contributed by atoms with van der Waals surface area (Å²) in [6.45, 7) is 4.08. The highest BCUT2D eigenvalue weighted by molar-refractivity contribution is 5.94. The van der Waals surface area contributed by atoms with Crippen LogP contribution in [0.25, 0.3) is 0 Å². The van der Waals surface area contributed by atoms with E-state index in [0.717, 1.165) is 5.56 Å². The zero-order valence-electron chi connectivity index (χ0n) is 18.3. The number of likely N-dealkylation sites (tertiary alicyclic amines) is 1. The van der Waals surface area contributed by atoms with Crippen molar-refractivity contribution in [2.45, 2.75) is 26.3 Å². The summed E-state index contributed by atoms with van der Waals surface area (Å²) in [7, 11) is 3.18. The van der Waals surface area contributed by atoms with Crippen molar-refractivity contribution in [3.8, 4) is 11.5 Å². The van der Waals surface area contributed by atoms with Crippen molar-refractivity contribution in [1.82, 2.24) is 9.80 Å². The molecule has 2 aromatic rings. The zero-order valence-corrected chi connectivity index (χ0v) is 18.3. The molecule has 0 aromatic heterocycles. The second kappa shape index (κ2) is 10.3. The fraction of sp³-hybridized carbons (Fsp3) is 0.417. The average molecular weight is 429 g/mol. The van der Waals surface area contributed by atoms with E-state index in [9.17, 15) is 14.0 Å². The van der Waals surface area contributed by atoms with Crippen LogP contribution in [0.2, 0.25) is 0 Å². The Kier molecular flexibility index (Phi) is 7.50. The van der Waals surface area contributed by atoms with Crippen molar-refractivity contribution < 1.29 is 23.5 Å². The molecular formula is C24H29FN2O4. The van der Waals surface area contributed by atoms with E-state index in [2.05, 4.69) is 0 Å². The van der Waals surface area contributed by atoms with E-state index in [4.69, 9.17) is 9.47 Å². The number of ether oxygens (including phenoxy) is 2. The lowest BCUT2D eigenvalue weighted by molar-refractivity contribution is -0.137. The van der Waals surface area contributed by atoms with Crippen molar-refractivity contribution >= 4 is 11.8 Å². The molecule has 0 N–H and O–H groups in total. The van der Waals surface area contributed by atoms with Crippen LogP contribution >= 0.6 is 0 Å². The first-order valence-electron chi connectivity index (χ1n) is 10.5. The van der Waals surface area contributed by atoms with Gasteiger partial charge in [-0.25, -0.2) is 4.39 Å². The van der Waals surface area contributed by atoms with Crippen molar-refractivity contribution in [3.05, 3.63) is 59.4 Å². The highest BCUT2D eigenvalue weighted by Crippen LogP contribution is 2.29. The molecule has 31 heavy (non-hydrogen) atoms. The van der Waals surface area contributed by atoms with Gasteiger partial charge in [0.05, 0.1) is 14.2 Å². The first kappa shape index (κ1) is 22.6. The van der Waals surface area contributed by atoms with Crippen molar-refractivity contribution in [3.63, 3.8) is 0 Å². The van der Waals surface area contributed by atoms with Crippen LogP contribution in [-0.4, -0.2) is 55.5 Å². The van der Waals surface area contributed by atoms with Crippen LogP contribution < -0.4 is 9.47 Å². The van der Waals surface area contributed by atoms with Crippen LogP contribution in [0, 0.1) is 11.7 Å². The summed E-state index contributed by atoms with van der Waals surface area (Å²) >= 11 is 0. The highest BCUT2D eigenvalue weighted by Gasteiger charge is 2.30. The maximum Gasteiger partial charge on any atom is 0.253 e. The molecule has 1 aliphatic heterocycles. The lowest BCUT2D eigenvalue weighted by atomic mass is 9.94. The Morgan fingerprint density at radius 1 is 1.03 bits per heavy atom. The van der Waals surface area contributed by atoms with E-state index in [1.165, 1.54) is 24.3 Å². The number of rotatable bonds is 7. The van der Waals surface area contributed by atoms with Crippen molar-refractivity contribution in [2.24, 2.45) is 5.92 Å². The second-order valence-corrected chi connectivity index (χ2v) is 7.62. The monoisotopic (exact) mass is 428 g/mol. The number of carbonyl (C=O) groups is 2. The third kappa shape index (κ3) is 5.34. The second-order valence-electron chi connectivity index (χ2n) is 7.62. The average Bonchev–Trinajstić information content (AvgIpc) is 2.82. The number of piperidine rings is 1. The minimum atomic E-state index is -0.366. The molecule has 0 atom stereocenters. The minimum absolute atomic E-state index is 0.103. The van der Waals surface area contributed by atoms with E-state index >= 15 is 0 Å². The third-order valence-electron chi connectivity index (χ3n) is 5.74. The van der Waals surface area contributed by atoms with E-state index in [-0.39, 0.29) is 23.5 Å². The fourth-order valence-corrected chi connectivity index (χ4v) is 3.91. The van der Waals surface area contributed by atoms with Crippen LogP contribution in [0.4, 0.5) is 4.39 Å². The van der Waals surface area contributed by atoms with Crippen LogP contribution in [0.15, 0.2) is 42.5 Å². The predicted octanol–water partition coefficient (Wildman–Crippen LogP) is 3.74. The summed E-state index contributed by atoms with van der Waals surface area (Å²) in [5.41, 5.74) is 1.44. The molecule has 1 heterocycles. The summed E-state index contributed by atoms with van der Waals surface area (Å²) in [6, 6.07) is 11.2. The maximum absolute atomic E-state index is 13.1. The lowest BCUT2D eigenvalue weighted by Gasteiger charge is -2.34. The smallest absolute Gasteiger partial charge is 0.253 e. The molecule has 1 aliphatic rings. The van der Waals surface area contributed by atoms with Gasteiger partial charge in [-0.3, -0.25) is 9.59 Å². The molecule has 1 fully saturated rings. The van der Waals surface area contributed by atoms with Crippen LogP contribution in [0.3, 0.4) is 0 Å². The van der Waals surface area contributed by atoms with Gasteiger partial charge in [0.1, 0.15) is 5.82 Å². The molecule has 2 aromatic carbocycles. The van der Waals surface area contributed by atoms with Gasteiger partial charge >= 0.3 is 0 Å². The lowest BCUT2D eigenvalue weighted by Crippen LogP contribution is -2.44. The third-order valence-corrected chi connectivity index (χ3v) is 5.74. The Balaban J connectivity index is 1.59. The molecule has 6 nitrogen and oxygen atoms in total. The fourth-order valence-electron chi connectivity index (χ4n) is 3.91. The van der Waals surface area contributed by atoms with Gasteiger partial charge in [0, 0.05) is 37.7 Å². The van der Waals surface area contributed by atoms with E-state index in [1.54, 1.807) is 19.1 Å². The molecule has 0 unspecified atom stereocenters. The Morgan fingerprint density at radius 3 is 2.26 bits per heavy atom. The SMILES string of the molecule is CCN(Cc1ccc(OC)c(OC)c1)C(=O)C1CCN(C(=O)c2ccc(F)cc2)CC1. The normalized spacial score (nSPS) is 14.3. The zero-order chi connectivity index (χ0) is 22.4. The van der Waals surface area contributed by atoms with Crippen LogP contribution in [-0.2, 0) is 11.3 Å². The quantitative estimate of drug-likeness (QED) is 0.674. The van der Waals surface area contributed by atoms with Gasteiger partial charge in [0.15, 0.2) is 11.5 Å². The summed E-state index contributed by atoms with van der Waals surface area (Å²) in [6.07, 6.45) is 1.24. The Bertz CT molecular complexity index is 908. The van der Waals surface area contributed by atoms with Crippen LogP contribution in [0.1, 0.15) is 35.7 Å². The number of nitrogens with zero attached hydrogens (tertiary/aromatic N) is 2. The van der Waals surface area contributed by atoms with Crippen LogP contribution in [0.5, 0.6) is 11.5 Å². The molecule has 166 valence electrons. The number of halogens is 1. The first-order valence-corrected chi connectivity index (χ1v) is 10.5. The number of hydrogen-bond donors (Lipinski definition) is 0. The molecule has 0 aliphatic carbocycles. The van der Waals surface area contributed by atoms with Gasteiger partial charge in [-0.2, -0.15) is 0 Å². The topological polar surface area (TPSA) is 59.1 Å². The summed E-state index contributed by atoms with van der Waals surface area (Å²) in [5, 5.41) is 0. The Hall–Kier alpha value is -3.09. The summed E-state index contributed by atoms with van der Waals surface area (Å²) in [5.74, 6) is 0.789. The minimum Gasteiger partial charge on any atom is -0.493 e. The molecule has 0 spiro atoms. The highest BCUT2D eigenvalue weighted by atomic mass is 19.1. The number of methoxy groups -OCH3 is 2.